The number of methoxy groups -OCH3 is 2. The summed E-state index contributed by atoms with van der Waals surface area (Å²) in [5.41, 5.74) is 7.59. The third-order valence-electron chi connectivity index (χ3n) is 2.86. The van der Waals surface area contributed by atoms with Gasteiger partial charge in [-0.05, 0) is 18.1 Å². The molecule has 1 aromatic rings. The van der Waals surface area contributed by atoms with Crippen LogP contribution in [0.15, 0.2) is 10.5 Å². The third kappa shape index (κ3) is 3.39. The Morgan fingerprint density at radius 2 is 2.11 bits per heavy atom. The van der Waals surface area contributed by atoms with Crippen LogP contribution in [0, 0.1) is 0 Å². The second-order valence-corrected chi connectivity index (χ2v) is 4.85. The van der Waals surface area contributed by atoms with Gasteiger partial charge in [-0.25, -0.2) is 0 Å². The molecule has 1 atom stereocenters. The summed E-state index contributed by atoms with van der Waals surface area (Å²) in [7, 11) is 3.05. The van der Waals surface area contributed by atoms with Crippen LogP contribution in [0.4, 0.5) is 0 Å². The fourth-order valence-electron chi connectivity index (χ4n) is 1.93. The number of carboxylic acids is 1. The largest absolute Gasteiger partial charge is 0.493 e. The molecular formula is C13H18BrNO4. The Hall–Kier alpha value is -1.27. The highest BCUT2D eigenvalue weighted by molar-refractivity contribution is 9.10. The minimum absolute atomic E-state index is 0.175. The van der Waals surface area contributed by atoms with Crippen molar-refractivity contribution in [1.29, 1.82) is 0 Å². The maximum Gasteiger partial charge on any atom is 0.305 e. The van der Waals surface area contributed by atoms with Gasteiger partial charge >= 0.3 is 5.97 Å². The third-order valence-corrected chi connectivity index (χ3v) is 3.80. The Labute approximate surface area is 120 Å². The lowest BCUT2D eigenvalue weighted by Crippen LogP contribution is -2.17. The van der Waals surface area contributed by atoms with Gasteiger partial charge in [0.2, 0.25) is 0 Å². The average molecular weight is 332 g/mol. The molecule has 5 nitrogen and oxygen atoms in total. The van der Waals surface area contributed by atoms with Crippen molar-refractivity contribution in [2.45, 2.75) is 25.8 Å². The predicted molar refractivity (Wildman–Crippen MR) is 75.8 cm³/mol. The van der Waals surface area contributed by atoms with Gasteiger partial charge < -0.3 is 20.3 Å². The van der Waals surface area contributed by atoms with Gasteiger partial charge in [0.05, 0.1) is 20.6 Å². The number of hydrogen-bond donors (Lipinski definition) is 2. The van der Waals surface area contributed by atoms with Crippen molar-refractivity contribution in [1.82, 2.24) is 0 Å². The highest BCUT2D eigenvalue weighted by Gasteiger charge is 2.23. The molecule has 0 bridgehead atoms. The molecule has 0 amide bonds. The lowest BCUT2D eigenvalue weighted by atomic mass is 9.99. The Bertz CT molecular complexity index is 476. The second kappa shape index (κ2) is 6.77. The minimum Gasteiger partial charge on any atom is -0.493 e. The van der Waals surface area contributed by atoms with E-state index in [0.717, 1.165) is 16.5 Å². The zero-order valence-corrected chi connectivity index (χ0v) is 12.8. The van der Waals surface area contributed by atoms with Crippen LogP contribution in [0.5, 0.6) is 11.5 Å². The van der Waals surface area contributed by atoms with Crippen molar-refractivity contribution >= 4 is 21.9 Å². The van der Waals surface area contributed by atoms with Crippen LogP contribution >= 0.6 is 15.9 Å². The fourth-order valence-corrected chi connectivity index (χ4v) is 2.80. The predicted octanol–water partition coefficient (Wildman–Crippen LogP) is 2.50. The molecule has 19 heavy (non-hydrogen) atoms. The second-order valence-electron chi connectivity index (χ2n) is 4.06. The summed E-state index contributed by atoms with van der Waals surface area (Å²) in [4.78, 5) is 10.8. The number of carbonyl (C=O) groups is 1. The van der Waals surface area contributed by atoms with Crippen LogP contribution in [0.2, 0.25) is 0 Å². The first kappa shape index (κ1) is 15.8. The van der Waals surface area contributed by atoms with Crippen LogP contribution in [0.1, 0.15) is 30.5 Å². The number of halogens is 1. The van der Waals surface area contributed by atoms with Gasteiger partial charge in [0.1, 0.15) is 0 Å². The van der Waals surface area contributed by atoms with E-state index in [-0.39, 0.29) is 6.42 Å². The average Bonchev–Trinajstić information content (AvgIpc) is 2.36. The van der Waals surface area contributed by atoms with Crippen molar-refractivity contribution in [2.24, 2.45) is 5.73 Å². The molecule has 0 aliphatic rings. The Morgan fingerprint density at radius 3 is 2.53 bits per heavy atom. The zero-order chi connectivity index (χ0) is 14.6. The Kier molecular flexibility index (Phi) is 5.62. The summed E-state index contributed by atoms with van der Waals surface area (Å²) >= 11 is 3.48. The molecule has 0 heterocycles. The van der Waals surface area contributed by atoms with E-state index in [2.05, 4.69) is 15.9 Å². The molecule has 1 unspecified atom stereocenters. The van der Waals surface area contributed by atoms with E-state index in [1.807, 2.05) is 13.0 Å². The SMILES string of the molecule is CCc1cc(OC)c(OC)c(C(N)CC(=O)O)c1Br. The maximum atomic E-state index is 10.8. The molecular weight excluding hydrogens is 314 g/mol. The van der Waals surface area contributed by atoms with E-state index >= 15 is 0 Å². The smallest absolute Gasteiger partial charge is 0.305 e. The number of nitrogens with two attached hydrogens (primary N) is 1. The summed E-state index contributed by atoms with van der Waals surface area (Å²) in [6, 6.07) is 1.20. The van der Waals surface area contributed by atoms with Crippen LogP contribution < -0.4 is 15.2 Å². The van der Waals surface area contributed by atoms with Crippen LogP contribution in [0.3, 0.4) is 0 Å². The van der Waals surface area contributed by atoms with E-state index in [1.165, 1.54) is 14.2 Å². The van der Waals surface area contributed by atoms with Crippen LogP contribution in [0.25, 0.3) is 0 Å². The topological polar surface area (TPSA) is 81.8 Å². The number of aryl methyl sites for hydroxylation is 1. The standard InChI is InChI=1S/C13H18BrNO4/c1-4-7-5-9(18-2)13(19-3)11(12(7)14)8(15)6-10(16)17/h5,8H,4,6,15H2,1-3H3,(H,16,17). The number of ether oxygens (including phenoxy) is 2. The Balaban J connectivity index is 3.43. The highest BCUT2D eigenvalue weighted by Crippen LogP contribution is 2.42. The van der Waals surface area contributed by atoms with Crippen molar-refractivity contribution in [2.75, 3.05) is 14.2 Å². The van der Waals surface area contributed by atoms with E-state index in [9.17, 15) is 4.79 Å². The number of rotatable bonds is 6. The lowest BCUT2D eigenvalue weighted by molar-refractivity contribution is -0.137. The molecule has 0 saturated carbocycles. The first-order valence-corrected chi connectivity index (χ1v) is 6.66. The zero-order valence-electron chi connectivity index (χ0n) is 11.2. The Morgan fingerprint density at radius 1 is 1.47 bits per heavy atom. The highest BCUT2D eigenvalue weighted by atomic mass is 79.9. The molecule has 3 N–H and O–H groups in total. The van der Waals surface area contributed by atoms with Gasteiger partial charge in [0, 0.05) is 16.1 Å². The molecule has 1 aromatic carbocycles. The monoisotopic (exact) mass is 331 g/mol. The van der Waals surface area contributed by atoms with Crippen LogP contribution in [-0.2, 0) is 11.2 Å². The molecule has 0 aliphatic carbocycles. The number of aliphatic carboxylic acids is 1. The maximum absolute atomic E-state index is 10.8. The van der Waals surface area contributed by atoms with Gasteiger partial charge in [0.25, 0.3) is 0 Å². The minimum atomic E-state index is -0.956. The molecule has 0 fully saturated rings. The normalized spacial score (nSPS) is 12.1. The van der Waals surface area contributed by atoms with Gasteiger partial charge in [-0.3, -0.25) is 4.79 Å². The number of carboxylic acid groups (broad SMARTS) is 1. The fraction of sp³-hybridized carbons (Fsp3) is 0.462. The van der Waals surface area contributed by atoms with Gasteiger partial charge in [-0.2, -0.15) is 0 Å². The van der Waals surface area contributed by atoms with E-state index in [4.69, 9.17) is 20.3 Å². The van der Waals surface area contributed by atoms with E-state index < -0.39 is 12.0 Å². The molecule has 0 saturated heterocycles. The molecule has 0 aromatic heterocycles. The van der Waals surface area contributed by atoms with Crippen LogP contribution in [-0.4, -0.2) is 25.3 Å². The van der Waals surface area contributed by atoms with Crippen molar-refractivity contribution in [3.05, 3.63) is 21.7 Å². The summed E-state index contributed by atoms with van der Waals surface area (Å²) in [5, 5.41) is 8.89. The molecule has 6 heteroatoms. The lowest BCUT2D eigenvalue weighted by Gasteiger charge is -2.20. The first-order chi connectivity index (χ1) is 8.96. The molecule has 106 valence electrons. The number of benzene rings is 1. The van der Waals surface area contributed by atoms with Crippen molar-refractivity contribution < 1.29 is 19.4 Å². The summed E-state index contributed by atoms with van der Waals surface area (Å²) in [5.74, 6) is 0.0704. The molecule has 0 aliphatic heterocycles. The van der Waals surface area contributed by atoms with Gasteiger partial charge in [0.15, 0.2) is 11.5 Å². The quantitative estimate of drug-likeness (QED) is 0.836. The molecule has 0 spiro atoms. The summed E-state index contributed by atoms with van der Waals surface area (Å²) in [6.07, 6.45) is 0.596. The van der Waals surface area contributed by atoms with E-state index in [0.29, 0.717) is 17.1 Å². The van der Waals surface area contributed by atoms with Crippen molar-refractivity contribution in [3.63, 3.8) is 0 Å². The van der Waals surface area contributed by atoms with E-state index in [1.54, 1.807) is 0 Å². The first-order valence-electron chi connectivity index (χ1n) is 5.86. The summed E-state index contributed by atoms with van der Waals surface area (Å²) < 4.78 is 11.4. The number of hydrogen-bond acceptors (Lipinski definition) is 4. The van der Waals surface area contributed by atoms with Gasteiger partial charge in [-0.15, -0.1) is 0 Å². The summed E-state index contributed by atoms with van der Waals surface area (Å²) in [6.45, 7) is 2.00. The van der Waals surface area contributed by atoms with Gasteiger partial charge in [-0.1, -0.05) is 22.9 Å². The van der Waals surface area contributed by atoms with Crippen molar-refractivity contribution in [3.8, 4) is 11.5 Å². The molecule has 1 rings (SSSR count). The molecule has 0 radical (unpaired) electrons.